The lowest BCUT2D eigenvalue weighted by atomic mass is 9.99. The van der Waals surface area contributed by atoms with E-state index in [2.05, 4.69) is 83.8 Å². The first-order valence-corrected chi connectivity index (χ1v) is 7.79. The summed E-state index contributed by atoms with van der Waals surface area (Å²) < 4.78 is 0. The Kier molecular flexibility index (Phi) is 3.53. The van der Waals surface area contributed by atoms with E-state index in [1.165, 1.54) is 33.4 Å². The molecule has 4 aromatic rings. The van der Waals surface area contributed by atoms with E-state index in [4.69, 9.17) is 0 Å². The Balaban J connectivity index is 1.61. The van der Waals surface area contributed by atoms with Gasteiger partial charge in [-0.2, -0.15) is 0 Å². The highest BCUT2D eigenvalue weighted by molar-refractivity contribution is 5.73. The van der Waals surface area contributed by atoms with Gasteiger partial charge in [-0.15, -0.1) is 0 Å². The summed E-state index contributed by atoms with van der Waals surface area (Å²) in [6.45, 7) is 0. The van der Waals surface area contributed by atoms with E-state index in [1.807, 2.05) is 18.5 Å². The lowest BCUT2D eigenvalue weighted by Crippen LogP contribution is -1.81. The zero-order chi connectivity index (χ0) is 15.5. The molecule has 0 spiro atoms. The lowest BCUT2D eigenvalue weighted by Gasteiger charge is -2.06. The molecule has 0 radical (unpaired) electrons. The van der Waals surface area contributed by atoms with Crippen molar-refractivity contribution < 1.29 is 0 Å². The van der Waals surface area contributed by atoms with Crippen LogP contribution < -0.4 is 0 Å². The number of benzene rings is 3. The van der Waals surface area contributed by atoms with Gasteiger partial charge in [0.15, 0.2) is 0 Å². The highest BCUT2D eigenvalue weighted by Gasteiger charge is 2.02. The SMILES string of the molecule is c1ccc(-c2ccc(-c3ccc(-c4cc[nH]c4)cc3)cc2)cc1. The number of nitrogens with one attached hydrogen (secondary N) is 1. The van der Waals surface area contributed by atoms with Crippen LogP contribution in [0.5, 0.6) is 0 Å². The van der Waals surface area contributed by atoms with Crippen molar-refractivity contribution in [1.29, 1.82) is 0 Å². The van der Waals surface area contributed by atoms with Gasteiger partial charge in [0.05, 0.1) is 0 Å². The molecule has 0 unspecified atom stereocenters. The second-order valence-corrected chi connectivity index (χ2v) is 5.62. The molecule has 0 bridgehead atoms. The van der Waals surface area contributed by atoms with E-state index in [0.717, 1.165) is 0 Å². The minimum Gasteiger partial charge on any atom is -0.367 e. The largest absolute Gasteiger partial charge is 0.367 e. The quantitative estimate of drug-likeness (QED) is 0.476. The fourth-order valence-corrected chi connectivity index (χ4v) is 2.84. The van der Waals surface area contributed by atoms with Gasteiger partial charge in [0.1, 0.15) is 0 Å². The maximum Gasteiger partial charge on any atom is 0.00841 e. The van der Waals surface area contributed by atoms with E-state index in [0.29, 0.717) is 0 Å². The maximum atomic E-state index is 3.10. The van der Waals surface area contributed by atoms with Crippen LogP contribution in [-0.4, -0.2) is 4.98 Å². The first kappa shape index (κ1) is 13.6. The summed E-state index contributed by atoms with van der Waals surface area (Å²) in [5.74, 6) is 0. The number of H-pyrrole nitrogens is 1. The van der Waals surface area contributed by atoms with Gasteiger partial charge in [-0.1, -0.05) is 78.9 Å². The summed E-state index contributed by atoms with van der Waals surface area (Å²) in [4.78, 5) is 3.10. The van der Waals surface area contributed by atoms with Crippen molar-refractivity contribution in [3.05, 3.63) is 97.3 Å². The van der Waals surface area contributed by atoms with E-state index < -0.39 is 0 Å². The minimum atomic E-state index is 1.22. The summed E-state index contributed by atoms with van der Waals surface area (Å²) in [6, 6.07) is 30.0. The van der Waals surface area contributed by atoms with Crippen LogP contribution in [0.4, 0.5) is 0 Å². The van der Waals surface area contributed by atoms with Crippen molar-refractivity contribution in [2.24, 2.45) is 0 Å². The summed E-state index contributed by atoms with van der Waals surface area (Å²) in [5.41, 5.74) is 7.43. The first-order chi connectivity index (χ1) is 11.4. The van der Waals surface area contributed by atoms with E-state index >= 15 is 0 Å². The third-order valence-electron chi connectivity index (χ3n) is 4.14. The van der Waals surface area contributed by atoms with Gasteiger partial charge in [-0.3, -0.25) is 0 Å². The Morgan fingerprint density at radius 1 is 0.391 bits per heavy atom. The van der Waals surface area contributed by atoms with Crippen molar-refractivity contribution in [2.75, 3.05) is 0 Å². The summed E-state index contributed by atoms with van der Waals surface area (Å²) >= 11 is 0. The molecule has 0 fully saturated rings. The van der Waals surface area contributed by atoms with Gasteiger partial charge in [0, 0.05) is 12.4 Å². The molecular formula is C22H17N. The molecule has 0 saturated heterocycles. The molecule has 1 aromatic heterocycles. The van der Waals surface area contributed by atoms with Gasteiger partial charge in [-0.05, 0) is 39.4 Å². The Labute approximate surface area is 136 Å². The topological polar surface area (TPSA) is 15.8 Å². The Bertz CT molecular complexity index is 871. The minimum absolute atomic E-state index is 1.22. The highest BCUT2D eigenvalue weighted by Crippen LogP contribution is 2.27. The van der Waals surface area contributed by atoms with Crippen LogP contribution >= 0.6 is 0 Å². The predicted octanol–water partition coefficient (Wildman–Crippen LogP) is 6.02. The zero-order valence-corrected chi connectivity index (χ0v) is 12.7. The molecule has 1 nitrogen and oxygen atoms in total. The fourth-order valence-electron chi connectivity index (χ4n) is 2.84. The number of aromatic amines is 1. The monoisotopic (exact) mass is 295 g/mol. The van der Waals surface area contributed by atoms with Crippen LogP contribution in [0, 0.1) is 0 Å². The molecule has 23 heavy (non-hydrogen) atoms. The standard InChI is InChI=1S/C22H17N/c1-2-4-17(5-3-1)18-6-8-19(9-7-18)20-10-12-21(13-11-20)22-14-15-23-16-22/h1-16,23H. The highest BCUT2D eigenvalue weighted by atomic mass is 14.6. The first-order valence-electron chi connectivity index (χ1n) is 7.79. The third kappa shape index (κ3) is 2.82. The number of hydrogen-bond acceptors (Lipinski definition) is 0. The molecule has 0 aliphatic carbocycles. The molecule has 1 heteroatoms. The molecular weight excluding hydrogens is 278 g/mol. The van der Waals surface area contributed by atoms with Gasteiger partial charge in [0.25, 0.3) is 0 Å². The van der Waals surface area contributed by atoms with Crippen LogP contribution in [0.2, 0.25) is 0 Å². The molecule has 110 valence electrons. The summed E-state index contributed by atoms with van der Waals surface area (Å²) in [5, 5.41) is 0. The Morgan fingerprint density at radius 2 is 0.826 bits per heavy atom. The van der Waals surface area contributed by atoms with Gasteiger partial charge >= 0.3 is 0 Å². The number of aromatic nitrogens is 1. The van der Waals surface area contributed by atoms with Crippen LogP contribution in [0.1, 0.15) is 0 Å². The molecule has 0 aliphatic rings. The van der Waals surface area contributed by atoms with Gasteiger partial charge in [0.2, 0.25) is 0 Å². The number of rotatable bonds is 3. The van der Waals surface area contributed by atoms with E-state index in [9.17, 15) is 0 Å². The molecule has 1 N–H and O–H groups in total. The molecule has 0 saturated carbocycles. The Hall–Kier alpha value is -3.06. The lowest BCUT2D eigenvalue weighted by molar-refractivity contribution is 1.41. The van der Waals surface area contributed by atoms with Crippen LogP contribution in [0.3, 0.4) is 0 Å². The van der Waals surface area contributed by atoms with Crippen molar-refractivity contribution in [3.63, 3.8) is 0 Å². The van der Waals surface area contributed by atoms with Crippen LogP contribution in [0.25, 0.3) is 33.4 Å². The molecule has 0 atom stereocenters. The van der Waals surface area contributed by atoms with E-state index in [-0.39, 0.29) is 0 Å². The van der Waals surface area contributed by atoms with Crippen molar-refractivity contribution >= 4 is 0 Å². The zero-order valence-electron chi connectivity index (χ0n) is 12.7. The smallest absolute Gasteiger partial charge is 0.00841 e. The van der Waals surface area contributed by atoms with Crippen molar-refractivity contribution in [2.45, 2.75) is 0 Å². The normalized spacial score (nSPS) is 10.6. The Morgan fingerprint density at radius 3 is 1.26 bits per heavy atom. The maximum absolute atomic E-state index is 3.10. The van der Waals surface area contributed by atoms with Crippen molar-refractivity contribution in [3.8, 4) is 33.4 Å². The second kappa shape index (κ2) is 5.98. The molecule has 0 amide bonds. The molecule has 1 heterocycles. The average molecular weight is 295 g/mol. The molecule has 0 aliphatic heterocycles. The molecule has 4 rings (SSSR count). The van der Waals surface area contributed by atoms with Crippen LogP contribution in [-0.2, 0) is 0 Å². The van der Waals surface area contributed by atoms with Gasteiger partial charge in [-0.25, -0.2) is 0 Å². The van der Waals surface area contributed by atoms with Gasteiger partial charge < -0.3 is 4.98 Å². The van der Waals surface area contributed by atoms with E-state index in [1.54, 1.807) is 0 Å². The third-order valence-corrected chi connectivity index (χ3v) is 4.14. The van der Waals surface area contributed by atoms with Crippen molar-refractivity contribution in [1.82, 2.24) is 4.98 Å². The second-order valence-electron chi connectivity index (χ2n) is 5.62. The average Bonchev–Trinajstić information content (AvgIpc) is 3.18. The summed E-state index contributed by atoms with van der Waals surface area (Å²) in [7, 11) is 0. The summed E-state index contributed by atoms with van der Waals surface area (Å²) in [6.07, 6.45) is 3.97. The molecule has 3 aromatic carbocycles. The van der Waals surface area contributed by atoms with Crippen LogP contribution in [0.15, 0.2) is 97.3 Å². The number of hydrogen-bond donors (Lipinski definition) is 1. The predicted molar refractivity (Wildman–Crippen MR) is 97.1 cm³/mol. The fraction of sp³-hybridized carbons (Fsp3) is 0.